The highest BCUT2D eigenvalue weighted by Gasteiger charge is 2.07. The summed E-state index contributed by atoms with van der Waals surface area (Å²) in [4.78, 5) is 35.0. The van der Waals surface area contributed by atoms with Crippen LogP contribution in [0.1, 0.15) is 29.6 Å². The molecule has 3 N–H and O–H groups in total. The van der Waals surface area contributed by atoms with E-state index in [1.54, 1.807) is 36.4 Å². The summed E-state index contributed by atoms with van der Waals surface area (Å²) in [5.41, 5.74) is 1.77. The van der Waals surface area contributed by atoms with Crippen LogP contribution in [0.25, 0.3) is 0 Å². The van der Waals surface area contributed by atoms with E-state index in [0.29, 0.717) is 42.7 Å². The van der Waals surface area contributed by atoms with Crippen LogP contribution >= 0.6 is 0 Å². The number of esters is 1. The van der Waals surface area contributed by atoms with E-state index >= 15 is 0 Å². The lowest BCUT2D eigenvalue weighted by atomic mass is 10.2. The number of hydrogen-bond donors (Lipinski definition) is 3. The molecule has 7 heteroatoms. The molecule has 0 unspecified atom stereocenters. The molecule has 2 aromatic rings. The molecule has 3 amide bonds. The standard InChI is InChI=1S/C20H23N3O4/c1-27-18(24)9-5-6-14-21-19(25)15-10-12-17(13-11-15)23-20(26)22-16-7-3-2-4-8-16/h2-4,7-8,10-13H,5-6,9,14H2,1H3,(H,21,25)(H2,22,23,26). The zero-order chi connectivity index (χ0) is 19.5. The van der Waals surface area contributed by atoms with Crippen LogP contribution in [0.3, 0.4) is 0 Å². The molecule has 0 aromatic heterocycles. The molecular formula is C20H23N3O4. The van der Waals surface area contributed by atoms with Crippen LogP contribution in [0.15, 0.2) is 54.6 Å². The molecule has 0 heterocycles. The number of ether oxygens (including phenoxy) is 1. The second-order valence-electron chi connectivity index (χ2n) is 5.81. The Morgan fingerprint density at radius 2 is 1.48 bits per heavy atom. The number of rotatable bonds is 8. The van der Waals surface area contributed by atoms with Crippen molar-refractivity contribution in [1.82, 2.24) is 5.32 Å². The Balaban J connectivity index is 1.74. The van der Waals surface area contributed by atoms with Gasteiger partial charge in [-0.25, -0.2) is 4.79 Å². The molecule has 7 nitrogen and oxygen atoms in total. The molecule has 0 aliphatic rings. The Labute approximate surface area is 158 Å². The minimum absolute atomic E-state index is 0.201. The number of urea groups is 1. The van der Waals surface area contributed by atoms with Gasteiger partial charge in [0.1, 0.15) is 0 Å². The van der Waals surface area contributed by atoms with Gasteiger partial charge in [0.2, 0.25) is 0 Å². The zero-order valence-corrected chi connectivity index (χ0v) is 15.2. The number of amides is 3. The number of nitrogens with one attached hydrogen (secondary N) is 3. The summed E-state index contributed by atoms with van der Waals surface area (Å²) in [6, 6.07) is 15.4. The molecule has 0 saturated carbocycles. The smallest absolute Gasteiger partial charge is 0.323 e. The normalized spacial score (nSPS) is 9.96. The van der Waals surface area contributed by atoms with Crippen molar-refractivity contribution in [1.29, 1.82) is 0 Å². The number of unbranched alkanes of at least 4 members (excludes halogenated alkanes) is 1. The first-order valence-corrected chi connectivity index (χ1v) is 8.66. The van der Waals surface area contributed by atoms with E-state index in [1.807, 2.05) is 18.2 Å². The molecule has 0 aliphatic carbocycles. The highest BCUT2D eigenvalue weighted by atomic mass is 16.5. The lowest BCUT2D eigenvalue weighted by molar-refractivity contribution is -0.140. The molecule has 0 spiro atoms. The topological polar surface area (TPSA) is 96.5 Å². The molecule has 27 heavy (non-hydrogen) atoms. The Morgan fingerprint density at radius 3 is 2.11 bits per heavy atom. The first-order chi connectivity index (χ1) is 13.1. The summed E-state index contributed by atoms with van der Waals surface area (Å²) in [5.74, 6) is -0.450. The van der Waals surface area contributed by atoms with Crippen LogP contribution < -0.4 is 16.0 Å². The quantitative estimate of drug-likeness (QED) is 0.491. The van der Waals surface area contributed by atoms with Crippen LogP contribution in [-0.4, -0.2) is 31.6 Å². The van der Waals surface area contributed by atoms with Crippen molar-refractivity contribution in [3.8, 4) is 0 Å². The van der Waals surface area contributed by atoms with Gasteiger partial charge in [0.15, 0.2) is 0 Å². The van der Waals surface area contributed by atoms with Gasteiger partial charge in [0.25, 0.3) is 5.91 Å². The molecule has 0 bridgehead atoms. The maximum atomic E-state index is 12.1. The molecular weight excluding hydrogens is 346 g/mol. The van der Waals surface area contributed by atoms with Gasteiger partial charge in [-0.15, -0.1) is 0 Å². The van der Waals surface area contributed by atoms with Crippen LogP contribution in [0.4, 0.5) is 16.2 Å². The number of hydrogen-bond acceptors (Lipinski definition) is 4. The van der Waals surface area contributed by atoms with E-state index in [2.05, 4.69) is 20.7 Å². The Morgan fingerprint density at radius 1 is 0.852 bits per heavy atom. The van der Waals surface area contributed by atoms with Gasteiger partial charge in [-0.2, -0.15) is 0 Å². The maximum Gasteiger partial charge on any atom is 0.323 e. The van der Waals surface area contributed by atoms with Gasteiger partial charge < -0.3 is 20.7 Å². The Hall–Kier alpha value is -3.35. The predicted molar refractivity (Wildman–Crippen MR) is 104 cm³/mol. The molecule has 0 saturated heterocycles. The number of carbonyl (C=O) groups is 3. The van der Waals surface area contributed by atoms with E-state index in [0.717, 1.165) is 0 Å². The fraction of sp³-hybridized carbons (Fsp3) is 0.250. The summed E-state index contributed by atoms with van der Waals surface area (Å²) in [5, 5.41) is 8.22. The first-order valence-electron chi connectivity index (χ1n) is 8.66. The van der Waals surface area contributed by atoms with Gasteiger partial charge in [0.05, 0.1) is 7.11 Å². The predicted octanol–water partition coefficient (Wildman–Crippen LogP) is 3.40. The number of carbonyl (C=O) groups excluding carboxylic acids is 3. The molecule has 2 aromatic carbocycles. The second kappa shape index (κ2) is 10.6. The average Bonchev–Trinajstić information content (AvgIpc) is 2.68. The summed E-state index contributed by atoms with van der Waals surface area (Å²) in [7, 11) is 1.36. The van der Waals surface area contributed by atoms with Crippen LogP contribution in [0.5, 0.6) is 0 Å². The number of para-hydroxylation sites is 1. The van der Waals surface area contributed by atoms with Crippen LogP contribution in [0.2, 0.25) is 0 Å². The van der Waals surface area contributed by atoms with Gasteiger partial charge in [-0.1, -0.05) is 18.2 Å². The number of anilines is 2. The fourth-order valence-corrected chi connectivity index (χ4v) is 2.32. The average molecular weight is 369 g/mol. The Kier molecular flexibility index (Phi) is 7.84. The molecule has 142 valence electrons. The maximum absolute atomic E-state index is 12.1. The number of methoxy groups -OCH3 is 1. The minimum atomic E-state index is -0.357. The third kappa shape index (κ3) is 7.19. The van der Waals surface area contributed by atoms with E-state index in [4.69, 9.17) is 0 Å². The summed E-state index contributed by atoms with van der Waals surface area (Å²) in [6.07, 6.45) is 1.70. The monoisotopic (exact) mass is 369 g/mol. The van der Waals surface area contributed by atoms with E-state index < -0.39 is 0 Å². The highest BCUT2D eigenvalue weighted by molar-refractivity contribution is 6.00. The van der Waals surface area contributed by atoms with E-state index in [1.165, 1.54) is 7.11 Å². The van der Waals surface area contributed by atoms with Gasteiger partial charge in [-0.3, -0.25) is 9.59 Å². The number of benzene rings is 2. The Bertz CT molecular complexity index is 761. The van der Waals surface area contributed by atoms with E-state index in [-0.39, 0.29) is 17.9 Å². The third-order valence-electron chi connectivity index (χ3n) is 3.76. The summed E-state index contributed by atoms with van der Waals surface area (Å²) < 4.78 is 4.56. The molecule has 0 atom stereocenters. The van der Waals surface area contributed by atoms with Crippen molar-refractivity contribution in [2.45, 2.75) is 19.3 Å². The van der Waals surface area contributed by atoms with E-state index in [9.17, 15) is 14.4 Å². The van der Waals surface area contributed by atoms with Crippen molar-refractivity contribution in [2.75, 3.05) is 24.3 Å². The van der Waals surface area contributed by atoms with Crippen molar-refractivity contribution < 1.29 is 19.1 Å². The fourth-order valence-electron chi connectivity index (χ4n) is 2.32. The molecule has 0 fully saturated rings. The second-order valence-corrected chi connectivity index (χ2v) is 5.81. The summed E-state index contributed by atoms with van der Waals surface area (Å²) >= 11 is 0. The van der Waals surface area contributed by atoms with Crippen LogP contribution in [0, 0.1) is 0 Å². The lowest BCUT2D eigenvalue weighted by Crippen LogP contribution is -2.24. The van der Waals surface area contributed by atoms with Crippen molar-refractivity contribution in [3.63, 3.8) is 0 Å². The van der Waals surface area contributed by atoms with Crippen molar-refractivity contribution in [3.05, 3.63) is 60.2 Å². The van der Waals surface area contributed by atoms with Gasteiger partial charge in [-0.05, 0) is 49.2 Å². The highest BCUT2D eigenvalue weighted by Crippen LogP contribution is 2.11. The van der Waals surface area contributed by atoms with Crippen molar-refractivity contribution >= 4 is 29.3 Å². The largest absolute Gasteiger partial charge is 0.469 e. The zero-order valence-electron chi connectivity index (χ0n) is 15.2. The van der Waals surface area contributed by atoms with Gasteiger partial charge >= 0.3 is 12.0 Å². The third-order valence-corrected chi connectivity index (χ3v) is 3.76. The van der Waals surface area contributed by atoms with Crippen molar-refractivity contribution in [2.24, 2.45) is 0 Å². The summed E-state index contributed by atoms with van der Waals surface area (Å²) in [6.45, 7) is 0.481. The minimum Gasteiger partial charge on any atom is -0.469 e. The lowest BCUT2D eigenvalue weighted by Gasteiger charge is -2.09. The van der Waals surface area contributed by atoms with Gasteiger partial charge in [0, 0.05) is 29.9 Å². The van der Waals surface area contributed by atoms with Crippen LogP contribution in [-0.2, 0) is 9.53 Å². The molecule has 0 radical (unpaired) electrons. The first kappa shape index (κ1) is 20.0. The SMILES string of the molecule is COC(=O)CCCCNC(=O)c1ccc(NC(=O)Nc2ccccc2)cc1. The molecule has 2 rings (SSSR count). The molecule has 0 aliphatic heterocycles.